The van der Waals surface area contributed by atoms with E-state index in [-0.39, 0.29) is 37.4 Å². The number of hydrogen-bond donors (Lipinski definition) is 1. The van der Waals surface area contributed by atoms with Gasteiger partial charge >= 0.3 is 0 Å². The van der Waals surface area contributed by atoms with Crippen LogP contribution in [-0.2, 0) is 25.5 Å². The van der Waals surface area contributed by atoms with Crippen LogP contribution in [0.2, 0.25) is 0 Å². The van der Waals surface area contributed by atoms with Crippen molar-refractivity contribution >= 4 is 29.1 Å². The number of fused-ring (bicyclic) bond motifs is 1. The van der Waals surface area contributed by atoms with Crippen molar-refractivity contribution in [3.05, 3.63) is 110 Å². The van der Waals surface area contributed by atoms with E-state index in [4.69, 9.17) is 14.2 Å². The van der Waals surface area contributed by atoms with Crippen LogP contribution in [0.4, 0.5) is 11.4 Å². The standard InChI is InChI=1S/C40H45N3O7/c1-5-23-41(28-15-19-32(20-16-28)49-7-3)37(45)34-33-21-22-40(50-33)35(34)38(46)43(30(26-44)25-27-11-9-8-10-12-27)36(40)39(47)42(24-6-2)29-13-17-31(48-4)18-14-29/h5-6,8-20,30,33-36,44H,1-2,7,21-26H2,3-4H3/t30-,33+,34-,35+,36?,40?/m1/s1. The van der Waals surface area contributed by atoms with E-state index in [1.54, 1.807) is 65.5 Å². The number of aliphatic hydroxyl groups excluding tert-OH is 1. The average molecular weight is 680 g/mol. The number of carbonyl (C=O) groups excluding carboxylic acids is 3. The highest BCUT2D eigenvalue weighted by molar-refractivity contribution is 6.06. The summed E-state index contributed by atoms with van der Waals surface area (Å²) < 4.78 is 17.7. The Kier molecular flexibility index (Phi) is 10.4. The van der Waals surface area contributed by atoms with Crippen molar-refractivity contribution in [3.8, 4) is 11.5 Å². The Labute approximate surface area is 293 Å². The van der Waals surface area contributed by atoms with Gasteiger partial charge in [-0.2, -0.15) is 0 Å². The zero-order valence-electron chi connectivity index (χ0n) is 28.6. The first-order valence-electron chi connectivity index (χ1n) is 17.2. The lowest BCUT2D eigenvalue weighted by molar-refractivity contribution is -0.144. The van der Waals surface area contributed by atoms with Crippen LogP contribution in [0.25, 0.3) is 0 Å². The van der Waals surface area contributed by atoms with Gasteiger partial charge in [-0.3, -0.25) is 14.4 Å². The zero-order chi connectivity index (χ0) is 35.4. The molecule has 2 bridgehead atoms. The van der Waals surface area contributed by atoms with Crippen LogP contribution in [0.5, 0.6) is 11.5 Å². The summed E-state index contributed by atoms with van der Waals surface area (Å²) in [7, 11) is 1.57. The SMILES string of the molecule is C=CCN(C(=O)C1N([C@@H](CO)Cc2ccccc2)C(=O)[C@@H]2[C@H](C(=O)N(CC=C)c3ccc(OCC)cc3)[C@@H]3CCC12O3)c1ccc(OC)cc1. The number of benzene rings is 3. The highest BCUT2D eigenvalue weighted by atomic mass is 16.5. The molecule has 2 unspecified atom stereocenters. The summed E-state index contributed by atoms with van der Waals surface area (Å²) >= 11 is 0. The number of aliphatic hydroxyl groups is 1. The Hall–Kier alpha value is -4.93. The van der Waals surface area contributed by atoms with Crippen molar-refractivity contribution < 1.29 is 33.7 Å². The number of ether oxygens (including phenoxy) is 3. The Morgan fingerprint density at radius 3 is 2.12 bits per heavy atom. The van der Waals surface area contributed by atoms with Crippen LogP contribution < -0.4 is 19.3 Å². The highest BCUT2D eigenvalue weighted by Gasteiger charge is 2.75. The number of hydrogen-bond acceptors (Lipinski definition) is 7. The first-order chi connectivity index (χ1) is 24.3. The predicted octanol–water partition coefficient (Wildman–Crippen LogP) is 4.81. The molecule has 10 heteroatoms. The number of anilines is 2. The minimum Gasteiger partial charge on any atom is -0.497 e. The number of nitrogens with zero attached hydrogens (tertiary/aromatic N) is 3. The summed E-state index contributed by atoms with van der Waals surface area (Å²) in [5.74, 6) is -1.44. The van der Waals surface area contributed by atoms with E-state index < -0.39 is 35.6 Å². The molecule has 1 spiro atoms. The third-order valence-corrected chi connectivity index (χ3v) is 10.2. The Balaban J connectivity index is 1.42. The van der Waals surface area contributed by atoms with Crippen LogP contribution >= 0.6 is 0 Å². The predicted molar refractivity (Wildman–Crippen MR) is 191 cm³/mol. The van der Waals surface area contributed by atoms with E-state index in [0.717, 1.165) is 5.56 Å². The molecule has 3 amide bonds. The number of carbonyl (C=O) groups is 3. The van der Waals surface area contributed by atoms with Gasteiger partial charge in [0.1, 0.15) is 23.1 Å². The maximum absolute atomic E-state index is 15.0. The molecule has 3 heterocycles. The fourth-order valence-corrected chi connectivity index (χ4v) is 8.06. The molecule has 3 aliphatic rings. The van der Waals surface area contributed by atoms with Crippen LogP contribution in [0.1, 0.15) is 25.3 Å². The van der Waals surface area contributed by atoms with Gasteiger partial charge in [-0.25, -0.2) is 0 Å². The molecule has 50 heavy (non-hydrogen) atoms. The van der Waals surface area contributed by atoms with Crippen molar-refractivity contribution in [2.24, 2.45) is 11.8 Å². The molecule has 3 aliphatic heterocycles. The van der Waals surface area contributed by atoms with Crippen molar-refractivity contribution in [1.29, 1.82) is 0 Å². The molecule has 3 saturated heterocycles. The molecule has 0 saturated carbocycles. The van der Waals surface area contributed by atoms with Gasteiger partial charge in [0.15, 0.2) is 0 Å². The number of methoxy groups -OCH3 is 1. The molecular formula is C40H45N3O7. The summed E-state index contributed by atoms with van der Waals surface area (Å²) in [5.41, 5.74) is 0.871. The minimum atomic E-state index is -1.27. The van der Waals surface area contributed by atoms with Gasteiger partial charge in [0.25, 0.3) is 5.91 Å². The molecule has 6 rings (SSSR count). The molecular weight excluding hydrogens is 634 g/mol. The fraction of sp³-hybridized carbons (Fsp3) is 0.375. The monoisotopic (exact) mass is 679 g/mol. The van der Waals surface area contributed by atoms with Gasteiger partial charge in [-0.1, -0.05) is 42.5 Å². The van der Waals surface area contributed by atoms with Crippen LogP contribution in [0, 0.1) is 11.8 Å². The number of rotatable bonds is 15. The molecule has 0 aliphatic carbocycles. The fourth-order valence-electron chi connectivity index (χ4n) is 8.06. The molecule has 0 radical (unpaired) electrons. The molecule has 3 aromatic rings. The molecule has 3 aromatic carbocycles. The molecule has 0 aromatic heterocycles. The van der Waals surface area contributed by atoms with Crippen molar-refractivity contribution in [2.45, 2.75) is 50.0 Å². The van der Waals surface area contributed by atoms with E-state index in [1.165, 1.54) is 4.90 Å². The second-order valence-electron chi connectivity index (χ2n) is 12.9. The largest absolute Gasteiger partial charge is 0.497 e. The van der Waals surface area contributed by atoms with E-state index in [9.17, 15) is 14.7 Å². The van der Waals surface area contributed by atoms with Crippen LogP contribution in [0.3, 0.4) is 0 Å². The van der Waals surface area contributed by atoms with Crippen LogP contribution in [-0.4, -0.2) is 84.9 Å². The third kappa shape index (κ3) is 6.18. The lowest BCUT2D eigenvalue weighted by Gasteiger charge is -2.39. The van der Waals surface area contributed by atoms with Crippen molar-refractivity contribution in [3.63, 3.8) is 0 Å². The summed E-state index contributed by atoms with van der Waals surface area (Å²) in [6.45, 7) is 10.2. The topological polar surface area (TPSA) is 109 Å². The van der Waals surface area contributed by atoms with Gasteiger partial charge in [-0.05, 0) is 80.3 Å². The molecule has 262 valence electrons. The van der Waals surface area contributed by atoms with E-state index >= 15 is 4.79 Å². The lowest BCUT2D eigenvalue weighted by Crippen LogP contribution is -2.59. The number of likely N-dealkylation sites (tertiary alicyclic amines) is 1. The summed E-state index contributed by atoms with van der Waals surface area (Å²) in [4.78, 5) is 49.4. The quantitative estimate of drug-likeness (QED) is 0.230. The molecule has 6 atom stereocenters. The first-order valence-corrected chi connectivity index (χ1v) is 17.2. The minimum absolute atomic E-state index is 0.170. The van der Waals surface area contributed by atoms with E-state index in [1.807, 2.05) is 49.4 Å². The summed E-state index contributed by atoms with van der Waals surface area (Å²) in [6.07, 6.45) is 3.97. The summed E-state index contributed by atoms with van der Waals surface area (Å²) in [5, 5.41) is 10.9. The maximum Gasteiger partial charge on any atom is 0.253 e. The molecule has 1 N–H and O–H groups in total. The lowest BCUT2D eigenvalue weighted by atomic mass is 9.70. The summed E-state index contributed by atoms with van der Waals surface area (Å²) in [6, 6.07) is 22.1. The number of amides is 3. The maximum atomic E-state index is 15.0. The van der Waals surface area contributed by atoms with Gasteiger partial charge in [0.05, 0.1) is 44.3 Å². The zero-order valence-corrected chi connectivity index (χ0v) is 28.6. The smallest absolute Gasteiger partial charge is 0.253 e. The van der Waals surface area contributed by atoms with Gasteiger partial charge in [0, 0.05) is 24.5 Å². The molecule has 10 nitrogen and oxygen atoms in total. The van der Waals surface area contributed by atoms with Gasteiger partial charge in [-0.15, -0.1) is 13.2 Å². The molecule has 3 fully saturated rings. The van der Waals surface area contributed by atoms with Gasteiger partial charge < -0.3 is 34.0 Å². The Morgan fingerprint density at radius 1 is 0.960 bits per heavy atom. The third-order valence-electron chi connectivity index (χ3n) is 10.2. The second kappa shape index (κ2) is 14.9. The second-order valence-corrected chi connectivity index (χ2v) is 12.9. The van der Waals surface area contributed by atoms with E-state index in [0.29, 0.717) is 48.7 Å². The highest BCUT2D eigenvalue weighted by Crippen LogP contribution is 2.59. The van der Waals surface area contributed by atoms with Crippen LogP contribution in [0.15, 0.2) is 104 Å². The normalized spacial score (nSPS) is 24.0. The van der Waals surface area contributed by atoms with Crippen molar-refractivity contribution in [2.75, 3.05) is 43.2 Å². The Bertz CT molecular complexity index is 1700. The Morgan fingerprint density at radius 2 is 1.56 bits per heavy atom. The average Bonchev–Trinajstić information content (AvgIpc) is 3.80. The van der Waals surface area contributed by atoms with Gasteiger partial charge in [0.2, 0.25) is 11.8 Å². The van der Waals surface area contributed by atoms with Crippen molar-refractivity contribution in [1.82, 2.24) is 4.90 Å². The first kappa shape index (κ1) is 34.9. The van der Waals surface area contributed by atoms with E-state index in [2.05, 4.69) is 13.2 Å².